The molecule has 34 heavy (non-hydrogen) atoms. The van der Waals surface area contributed by atoms with Crippen LogP contribution in [-0.2, 0) is 11.3 Å². The second kappa shape index (κ2) is 9.54. The van der Waals surface area contributed by atoms with E-state index in [1.807, 2.05) is 30.3 Å². The maximum absolute atomic E-state index is 11.4. The van der Waals surface area contributed by atoms with Crippen molar-refractivity contribution in [3.63, 3.8) is 0 Å². The first-order chi connectivity index (χ1) is 16.6. The summed E-state index contributed by atoms with van der Waals surface area (Å²) in [5.41, 5.74) is 5.52. The third-order valence-corrected chi connectivity index (χ3v) is 6.33. The fourth-order valence-electron chi connectivity index (χ4n) is 4.49. The predicted molar refractivity (Wildman–Crippen MR) is 130 cm³/mol. The maximum atomic E-state index is 11.4. The monoisotopic (exact) mass is 455 g/mol. The molecule has 0 radical (unpaired) electrons. The summed E-state index contributed by atoms with van der Waals surface area (Å²) in [5.74, 6) is 0. The van der Waals surface area contributed by atoms with Crippen LogP contribution < -0.4 is 0 Å². The Kier molecular flexibility index (Phi) is 6.16. The normalized spacial score (nSPS) is 14.9. The van der Waals surface area contributed by atoms with Crippen molar-refractivity contribution < 1.29 is 9.72 Å². The van der Waals surface area contributed by atoms with E-state index in [1.165, 1.54) is 6.07 Å². The van der Waals surface area contributed by atoms with Gasteiger partial charge in [-0.25, -0.2) is 4.98 Å². The summed E-state index contributed by atoms with van der Waals surface area (Å²) in [4.78, 5) is 31.3. The maximum Gasteiger partial charge on any atom is 0.270 e. The summed E-state index contributed by atoms with van der Waals surface area (Å²) in [5, 5.41) is 11.4. The quantitative estimate of drug-likeness (QED) is 0.239. The number of carbonyl (C=O) groups excluding carboxylic acids is 1. The van der Waals surface area contributed by atoms with Gasteiger partial charge in [0.1, 0.15) is 11.9 Å². The Morgan fingerprint density at radius 3 is 2.35 bits per heavy atom. The fourth-order valence-corrected chi connectivity index (χ4v) is 4.49. The average molecular weight is 456 g/mol. The van der Waals surface area contributed by atoms with Gasteiger partial charge in [0.15, 0.2) is 0 Å². The molecule has 8 nitrogen and oxygen atoms in total. The summed E-state index contributed by atoms with van der Waals surface area (Å²) < 4.78 is 2.11. The number of piperazine rings is 1. The molecule has 1 fully saturated rings. The number of aldehydes is 1. The van der Waals surface area contributed by atoms with Gasteiger partial charge in [-0.05, 0) is 23.3 Å². The third-order valence-electron chi connectivity index (χ3n) is 6.33. The van der Waals surface area contributed by atoms with Crippen molar-refractivity contribution in [2.75, 3.05) is 32.7 Å². The van der Waals surface area contributed by atoms with Gasteiger partial charge in [-0.3, -0.25) is 19.9 Å². The minimum Gasteiger partial charge on any atom is -0.302 e. The van der Waals surface area contributed by atoms with E-state index in [2.05, 4.69) is 38.6 Å². The Bertz CT molecular complexity index is 1330. The SMILES string of the molecule is O=CCN1CCN(Cc2c(-c3cccc([N+](=O)[O-])c3)nc3ccc(-c4ccccc4)cn23)CC1. The molecular weight excluding hydrogens is 430 g/mol. The first-order valence-electron chi connectivity index (χ1n) is 11.3. The fraction of sp³-hybridized carbons (Fsp3) is 0.231. The van der Waals surface area contributed by atoms with Crippen LogP contribution in [0.25, 0.3) is 28.0 Å². The molecule has 0 bridgehead atoms. The van der Waals surface area contributed by atoms with Crippen LogP contribution in [0, 0.1) is 10.1 Å². The number of fused-ring (bicyclic) bond motifs is 1. The van der Waals surface area contributed by atoms with Crippen LogP contribution in [-0.4, -0.2) is 63.1 Å². The highest BCUT2D eigenvalue weighted by Gasteiger charge is 2.22. The standard InChI is InChI=1S/C26H25N5O3/c32-16-15-28-11-13-29(14-12-28)19-24-26(21-7-4-8-23(17-21)31(33)34)27-25-10-9-22(18-30(24)25)20-5-2-1-3-6-20/h1-10,16-18H,11-15,19H2. The van der Waals surface area contributed by atoms with E-state index in [9.17, 15) is 14.9 Å². The number of hydrogen-bond acceptors (Lipinski definition) is 6. The van der Waals surface area contributed by atoms with Gasteiger partial charge in [-0.1, -0.05) is 42.5 Å². The van der Waals surface area contributed by atoms with Crippen LogP contribution >= 0.6 is 0 Å². The molecule has 0 spiro atoms. The molecule has 0 N–H and O–H groups in total. The zero-order chi connectivity index (χ0) is 23.5. The lowest BCUT2D eigenvalue weighted by Gasteiger charge is -2.33. The first-order valence-corrected chi connectivity index (χ1v) is 11.3. The molecule has 1 saturated heterocycles. The van der Waals surface area contributed by atoms with Crippen molar-refractivity contribution in [1.29, 1.82) is 0 Å². The molecule has 0 amide bonds. The Morgan fingerprint density at radius 2 is 1.62 bits per heavy atom. The lowest BCUT2D eigenvalue weighted by atomic mass is 10.1. The Labute approximate surface area is 197 Å². The van der Waals surface area contributed by atoms with Crippen LogP contribution in [0.4, 0.5) is 5.69 Å². The van der Waals surface area contributed by atoms with Crippen molar-refractivity contribution in [2.24, 2.45) is 0 Å². The summed E-state index contributed by atoms with van der Waals surface area (Å²) in [6, 6.07) is 20.9. The number of pyridine rings is 1. The van der Waals surface area contributed by atoms with Gasteiger partial charge in [0.2, 0.25) is 0 Å². The predicted octanol–water partition coefficient (Wildman–Crippen LogP) is 3.89. The lowest BCUT2D eigenvalue weighted by Crippen LogP contribution is -2.46. The highest BCUT2D eigenvalue weighted by atomic mass is 16.6. The number of carbonyl (C=O) groups is 1. The Balaban J connectivity index is 1.57. The van der Waals surface area contributed by atoms with E-state index in [4.69, 9.17) is 4.98 Å². The highest BCUT2D eigenvalue weighted by Crippen LogP contribution is 2.30. The number of aromatic nitrogens is 2. The first kappa shape index (κ1) is 21.9. The Hall–Kier alpha value is -3.88. The van der Waals surface area contributed by atoms with Crippen molar-refractivity contribution in [2.45, 2.75) is 6.54 Å². The smallest absolute Gasteiger partial charge is 0.270 e. The van der Waals surface area contributed by atoms with Gasteiger partial charge in [0.05, 0.1) is 22.9 Å². The number of nitrogens with zero attached hydrogens (tertiary/aromatic N) is 5. The van der Waals surface area contributed by atoms with Crippen molar-refractivity contribution in [1.82, 2.24) is 19.2 Å². The molecule has 1 aliphatic rings. The number of rotatable bonds is 7. The van der Waals surface area contributed by atoms with Gasteiger partial charge >= 0.3 is 0 Å². The van der Waals surface area contributed by atoms with E-state index < -0.39 is 0 Å². The van der Waals surface area contributed by atoms with Crippen molar-refractivity contribution >= 4 is 17.6 Å². The number of non-ortho nitro benzene ring substituents is 1. The zero-order valence-corrected chi connectivity index (χ0v) is 18.7. The Morgan fingerprint density at radius 1 is 0.882 bits per heavy atom. The number of nitro groups is 1. The molecule has 172 valence electrons. The summed E-state index contributed by atoms with van der Waals surface area (Å²) in [7, 11) is 0. The topological polar surface area (TPSA) is 84.0 Å². The van der Waals surface area contributed by atoms with Gasteiger partial charge < -0.3 is 9.20 Å². The van der Waals surface area contributed by atoms with E-state index >= 15 is 0 Å². The molecule has 0 unspecified atom stereocenters. The van der Waals surface area contributed by atoms with Crippen LogP contribution in [0.1, 0.15) is 5.69 Å². The zero-order valence-electron chi connectivity index (χ0n) is 18.7. The van der Waals surface area contributed by atoms with Gasteiger partial charge in [-0.15, -0.1) is 0 Å². The lowest BCUT2D eigenvalue weighted by molar-refractivity contribution is -0.384. The molecule has 2 aromatic carbocycles. The molecule has 3 heterocycles. The van der Waals surface area contributed by atoms with Crippen LogP contribution in [0.3, 0.4) is 0 Å². The molecule has 0 atom stereocenters. The van der Waals surface area contributed by atoms with E-state index in [0.717, 1.165) is 66.2 Å². The molecule has 5 rings (SSSR count). The third kappa shape index (κ3) is 4.46. The largest absolute Gasteiger partial charge is 0.302 e. The summed E-state index contributed by atoms with van der Waals surface area (Å²) >= 11 is 0. The molecule has 8 heteroatoms. The van der Waals surface area contributed by atoms with E-state index in [1.54, 1.807) is 12.1 Å². The van der Waals surface area contributed by atoms with Crippen molar-refractivity contribution in [3.05, 3.63) is 88.7 Å². The average Bonchev–Trinajstić information content (AvgIpc) is 3.23. The summed E-state index contributed by atoms with van der Waals surface area (Å²) in [6.07, 6.45) is 3.04. The van der Waals surface area contributed by atoms with Gasteiger partial charge in [0, 0.05) is 56.6 Å². The molecule has 0 saturated carbocycles. The number of hydrogen-bond donors (Lipinski definition) is 0. The van der Waals surface area contributed by atoms with Crippen LogP contribution in [0.2, 0.25) is 0 Å². The highest BCUT2D eigenvalue weighted by molar-refractivity contribution is 5.71. The second-order valence-electron chi connectivity index (χ2n) is 8.47. The van der Waals surface area contributed by atoms with Crippen molar-refractivity contribution in [3.8, 4) is 22.4 Å². The minimum atomic E-state index is -0.376. The molecule has 1 aliphatic heterocycles. The van der Waals surface area contributed by atoms with Crippen LogP contribution in [0.15, 0.2) is 72.9 Å². The van der Waals surface area contributed by atoms with E-state index in [-0.39, 0.29) is 10.6 Å². The number of nitro benzene ring substituents is 1. The number of benzene rings is 2. The molecule has 2 aromatic heterocycles. The van der Waals surface area contributed by atoms with Crippen LogP contribution in [0.5, 0.6) is 0 Å². The van der Waals surface area contributed by atoms with E-state index in [0.29, 0.717) is 13.1 Å². The minimum absolute atomic E-state index is 0.0490. The van der Waals surface area contributed by atoms with Gasteiger partial charge in [0.25, 0.3) is 5.69 Å². The summed E-state index contributed by atoms with van der Waals surface area (Å²) in [6.45, 7) is 4.46. The van der Waals surface area contributed by atoms with Gasteiger partial charge in [-0.2, -0.15) is 0 Å². The number of imidazole rings is 1. The molecular formula is C26H25N5O3. The molecule has 0 aliphatic carbocycles. The molecule has 4 aromatic rings. The second-order valence-corrected chi connectivity index (χ2v) is 8.47.